The van der Waals surface area contributed by atoms with Gasteiger partial charge in [0.2, 0.25) is 0 Å². The van der Waals surface area contributed by atoms with Crippen molar-refractivity contribution in [3.05, 3.63) is 132 Å². The molecule has 4 aromatic carbocycles. The third-order valence-corrected chi connectivity index (χ3v) is 7.30. The zero-order valence-corrected chi connectivity index (χ0v) is 23.9. The molecule has 4 aromatic rings. The van der Waals surface area contributed by atoms with Crippen LogP contribution in [0, 0.1) is 12.1 Å². The van der Waals surface area contributed by atoms with E-state index in [1.54, 1.807) is 27.4 Å². The predicted molar refractivity (Wildman–Crippen MR) is 140 cm³/mol. The van der Waals surface area contributed by atoms with E-state index < -0.39 is 0 Å². The molecule has 0 atom stereocenters. The number of halogens is 2. The van der Waals surface area contributed by atoms with E-state index >= 15 is 0 Å². The van der Waals surface area contributed by atoms with Crippen LogP contribution in [0.1, 0.15) is 30.4 Å². The summed E-state index contributed by atoms with van der Waals surface area (Å²) in [6, 6.07) is 36.0. The Bertz CT molecular complexity index is 1250. The van der Waals surface area contributed by atoms with E-state index in [-0.39, 0.29) is 24.8 Å². The fraction of sp³-hybridized carbons (Fsp3) is 0.121. The molecule has 1 fully saturated rings. The molecule has 1 saturated carbocycles. The summed E-state index contributed by atoms with van der Waals surface area (Å²) in [6.07, 6.45) is 13.8. The fourth-order valence-electron chi connectivity index (χ4n) is 4.12. The quantitative estimate of drug-likeness (QED) is 0.280. The van der Waals surface area contributed by atoms with Gasteiger partial charge in [0, 0.05) is 0 Å². The van der Waals surface area contributed by atoms with Crippen LogP contribution in [-0.2, 0) is 30.7 Å². The maximum absolute atomic E-state index is 3.65. The fourth-order valence-corrected chi connectivity index (χ4v) is 4.43. The summed E-state index contributed by atoms with van der Waals surface area (Å²) in [5, 5.41) is 0. The smallest absolute Gasteiger partial charge is 0.0181 e. The summed E-state index contributed by atoms with van der Waals surface area (Å²) in [5.74, 6) is 0. The normalized spacial score (nSPS) is 13.1. The third kappa shape index (κ3) is 7.36. The van der Waals surface area contributed by atoms with E-state index in [0.29, 0.717) is 0 Å². The van der Waals surface area contributed by atoms with Gasteiger partial charge in [-0.25, -0.2) is 12.2 Å². The van der Waals surface area contributed by atoms with Crippen LogP contribution in [0.5, 0.6) is 0 Å². The molecule has 0 nitrogen and oxygen atoms in total. The van der Waals surface area contributed by atoms with Crippen LogP contribution >= 0.6 is 0 Å². The predicted octanol–water partition coefficient (Wildman–Crippen LogP) is 2.21. The van der Waals surface area contributed by atoms with Crippen LogP contribution in [-0.4, -0.2) is 3.21 Å². The second kappa shape index (κ2) is 13.9. The first-order chi connectivity index (χ1) is 16.8. The molecule has 0 bridgehead atoms. The first kappa shape index (κ1) is 28.3. The average Bonchev–Trinajstić information content (AvgIpc) is 3.34. The van der Waals surface area contributed by atoms with Gasteiger partial charge in [-0.15, -0.1) is 35.7 Å². The summed E-state index contributed by atoms with van der Waals surface area (Å²) < 4.78 is 1.76. The van der Waals surface area contributed by atoms with E-state index in [4.69, 9.17) is 0 Å². The van der Waals surface area contributed by atoms with Crippen molar-refractivity contribution in [2.24, 2.45) is 0 Å². The Morgan fingerprint density at radius 2 is 1.31 bits per heavy atom. The molecule has 3 aliphatic rings. The van der Waals surface area contributed by atoms with Crippen LogP contribution in [0.2, 0.25) is 0 Å². The van der Waals surface area contributed by atoms with Crippen molar-refractivity contribution in [2.75, 3.05) is 0 Å². The standard InChI is InChI=1S/C25H17.C5H5.C3H4.2ClH.Zr/c1-3-7-18(8-4-1)20-11-13-24-22(15-20)17-23-16-21(12-14-25(23)24)19-9-5-2-6-10-19;1-2-4-5-3-1;1-2-3-1;;;/h1-15H,17H2;1-3H,4H2;1-2H2;2*1H;/q2*-1;;;;+2/p-2. The Morgan fingerprint density at radius 1 is 0.667 bits per heavy atom. The maximum atomic E-state index is 3.65. The van der Waals surface area contributed by atoms with Gasteiger partial charge in [0.25, 0.3) is 0 Å². The third-order valence-electron chi connectivity index (χ3n) is 6.07. The van der Waals surface area contributed by atoms with E-state index in [9.17, 15) is 0 Å². The summed E-state index contributed by atoms with van der Waals surface area (Å²) in [7, 11) is 0. The number of allylic oxidation sites excluding steroid dienone is 4. The van der Waals surface area contributed by atoms with Gasteiger partial charge in [-0.05, 0) is 23.1 Å². The molecular weight excluding hydrogens is 558 g/mol. The second-order valence-electron chi connectivity index (χ2n) is 8.65. The van der Waals surface area contributed by atoms with Crippen molar-refractivity contribution in [1.29, 1.82) is 0 Å². The van der Waals surface area contributed by atoms with Crippen LogP contribution in [0.3, 0.4) is 0 Å². The molecule has 0 aliphatic heterocycles. The van der Waals surface area contributed by atoms with Crippen molar-refractivity contribution in [3.63, 3.8) is 0 Å². The van der Waals surface area contributed by atoms with E-state index in [0.717, 1.165) is 12.8 Å². The van der Waals surface area contributed by atoms with E-state index in [2.05, 4.69) is 109 Å². The van der Waals surface area contributed by atoms with E-state index in [1.165, 1.54) is 57.3 Å². The molecule has 0 unspecified atom stereocenters. The van der Waals surface area contributed by atoms with Gasteiger partial charge in [0.15, 0.2) is 0 Å². The topological polar surface area (TPSA) is 0 Å². The number of hydrogen-bond acceptors (Lipinski definition) is 0. The van der Waals surface area contributed by atoms with E-state index in [1.807, 2.05) is 12.2 Å². The van der Waals surface area contributed by atoms with Gasteiger partial charge in [0.1, 0.15) is 0 Å². The zero-order valence-electron chi connectivity index (χ0n) is 20.0. The number of hydrogen-bond donors (Lipinski definition) is 0. The van der Waals surface area contributed by atoms with Crippen molar-refractivity contribution in [1.82, 2.24) is 0 Å². The minimum absolute atomic E-state index is 0. The molecule has 0 saturated heterocycles. The summed E-state index contributed by atoms with van der Waals surface area (Å²) >= 11 is 1.66. The van der Waals surface area contributed by atoms with Crippen molar-refractivity contribution in [3.8, 4) is 33.4 Å². The molecule has 3 heteroatoms. The molecule has 0 radical (unpaired) electrons. The van der Waals surface area contributed by atoms with Crippen molar-refractivity contribution < 1.29 is 49.0 Å². The van der Waals surface area contributed by atoms with Crippen molar-refractivity contribution in [2.45, 2.75) is 25.7 Å². The molecular formula is C33H26Cl2Zr-2. The first-order valence-electron chi connectivity index (χ1n) is 11.9. The minimum Gasteiger partial charge on any atom is -0.143 e. The van der Waals surface area contributed by atoms with Crippen LogP contribution < -0.4 is 24.8 Å². The zero-order chi connectivity index (χ0) is 23.2. The molecule has 178 valence electrons. The molecule has 0 spiro atoms. The number of fused-ring (bicyclic) bond motifs is 3. The summed E-state index contributed by atoms with van der Waals surface area (Å²) in [4.78, 5) is 0. The van der Waals surface area contributed by atoms with Gasteiger partial charge in [-0.3, -0.25) is 6.08 Å². The van der Waals surface area contributed by atoms with Gasteiger partial charge in [0.05, 0.1) is 0 Å². The molecule has 0 amide bonds. The van der Waals surface area contributed by atoms with Gasteiger partial charge in [-0.2, -0.15) is 6.08 Å². The van der Waals surface area contributed by atoms with Gasteiger partial charge in [-0.1, -0.05) is 95.6 Å². The minimum atomic E-state index is 0. The van der Waals surface area contributed by atoms with Crippen LogP contribution in [0.15, 0.2) is 109 Å². The monoisotopic (exact) mass is 582 g/mol. The largest absolute Gasteiger partial charge is 0.143 e. The Labute approximate surface area is 242 Å². The van der Waals surface area contributed by atoms with Crippen LogP contribution in [0.25, 0.3) is 33.4 Å². The number of benzene rings is 4. The Morgan fingerprint density at radius 3 is 1.86 bits per heavy atom. The molecule has 7 rings (SSSR count). The second-order valence-corrected chi connectivity index (χ2v) is 10.4. The maximum Gasteiger partial charge on any atom is -0.0181 e. The summed E-state index contributed by atoms with van der Waals surface area (Å²) in [6.45, 7) is 0. The Balaban J connectivity index is 0.000000278. The average molecular weight is 585 g/mol. The molecule has 3 aliphatic carbocycles. The SMILES string of the molecule is [C-]1=CC=CC1.[Cl-].[Cl-].[Zr+2]=[C]1CC1.[c-]1c(-c2ccccc2)ccc2c1Cc1cc(-c3ccccc3)ccc1-2. The Hall–Kier alpha value is -2.31. The van der Waals surface area contributed by atoms with Crippen LogP contribution in [0.4, 0.5) is 0 Å². The first-order valence-corrected chi connectivity index (χ1v) is 13.1. The molecule has 0 N–H and O–H groups in total. The molecule has 36 heavy (non-hydrogen) atoms. The van der Waals surface area contributed by atoms with Gasteiger partial charge < -0.3 is 24.8 Å². The number of rotatable bonds is 2. The van der Waals surface area contributed by atoms with Gasteiger partial charge >= 0.3 is 40.3 Å². The molecule has 0 heterocycles. The molecule has 0 aromatic heterocycles. The van der Waals surface area contributed by atoms with Crippen molar-refractivity contribution >= 4 is 3.21 Å². The Kier molecular flexibility index (Phi) is 10.9. The summed E-state index contributed by atoms with van der Waals surface area (Å²) in [5.41, 5.74) is 10.4.